The van der Waals surface area contributed by atoms with E-state index in [1.165, 1.54) is 13.4 Å². The highest BCUT2D eigenvalue weighted by atomic mass is 19.1. The van der Waals surface area contributed by atoms with Gasteiger partial charge >= 0.3 is 0 Å². The van der Waals surface area contributed by atoms with Gasteiger partial charge in [-0.1, -0.05) is 0 Å². The monoisotopic (exact) mass is 307 g/mol. The van der Waals surface area contributed by atoms with Gasteiger partial charge in [0.05, 0.1) is 27.0 Å². The maximum atomic E-state index is 13.9. The standard InChI is InChI=1S/C15H18FN3O3/c1-9-13(16)15(19-8-18-9)17-7-10-5-11(20-2)14(22-4)12(6-10)21-3/h5-6,8H,7H2,1-4H3,(H,17,18,19). The van der Waals surface area contributed by atoms with Crippen molar-refractivity contribution >= 4 is 5.82 Å². The smallest absolute Gasteiger partial charge is 0.203 e. The van der Waals surface area contributed by atoms with Crippen molar-refractivity contribution in [2.45, 2.75) is 13.5 Å². The molecule has 22 heavy (non-hydrogen) atoms. The lowest BCUT2D eigenvalue weighted by atomic mass is 10.1. The number of benzene rings is 1. The van der Waals surface area contributed by atoms with Crippen molar-refractivity contribution in [1.29, 1.82) is 0 Å². The Hall–Kier alpha value is -2.57. The molecule has 1 aromatic heterocycles. The molecule has 0 unspecified atom stereocenters. The number of aryl methyl sites for hydroxylation is 1. The molecule has 0 atom stereocenters. The van der Waals surface area contributed by atoms with Crippen molar-refractivity contribution in [2.75, 3.05) is 26.6 Å². The zero-order chi connectivity index (χ0) is 16.1. The van der Waals surface area contributed by atoms with Crippen LogP contribution in [0.5, 0.6) is 17.2 Å². The summed E-state index contributed by atoms with van der Waals surface area (Å²) in [6.45, 7) is 1.94. The molecule has 2 rings (SSSR count). The van der Waals surface area contributed by atoms with Crippen LogP contribution in [0.4, 0.5) is 10.2 Å². The summed E-state index contributed by atoms with van der Waals surface area (Å²) in [5, 5.41) is 2.93. The normalized spacial score (nSPS) is 10.2. The average Bonchev–Trinajstić information content (AvgIpc) is 2.55. The fourth-order valence-corrected chi connectivity index (χ4v) is 2.00. The van der Waals surface area contributed by atoms with Crippen LogP contribution in [-0.2, 0) is 6.54 Å². The van der Waals surface area contributed by atoms with Crippen LogP contribution < -0.4 is 19.5 Å². The van der Waals surface area contributed by atoms with E-state index >= 15 is 0 Å². The van der Waals surface area contributed by atoms with E-state index in [0.717, 1.165) is 5.56 Å². The maximum absolute atomic E-state index is 13.9. The van der Waals surface area contributed by atoms with Crippen molar-refractivity contribution < 1.29 is 18.6 Å². The van der Waals surface area contributed by atoms with Gasteiger partial charge in [-0.3, -0.25) is 0 Å². The highest BCUT2D eigenvalue weighted by Crippen LogP contribution is 2.38. The summed E-state index contributed by atoms with van der Waals surface area (Å²) in [5.41, 5.74) is 1.13. The number of aromatic nitrogens is 2. The molecule has 1 aromatic carbocycles. The van der Waals surface area contributed by atoms with Crippen LogP contribution in [0, 0.1) is 12.7 Å². The van der Waals surface area contributed by atoms with Gasteiger partial charge in [-0.25, -0.2) is 14.4 Å². The molecule has 0 aliphatic carbocycles. The van der Waals surface area contributed by atoms with Gasteiger partial charge in [0, 0.05) is 6.54 Å². The van der Waals surface area contributed by atoms with Crippen LogP contribution >= 0.6 is 0 Å². The van der Waals surface area contributed by atoms with Crippen molar-refractivity contribution in [3.8, 4) is 17.2 Å². The minimum atomic E-state index is -0.463. The van der Waals surface area contributed by atoms with Gasteiger partial charge < -0.3 is 19.5 Å². The second-order valence-corrected chi connectivity index (χ2v) is 4.51. The number of nitrogens with zero attached hydrogens (tertiary/aromatic N) is 2. The van der Waals surface area contributed by atoms with Crippen LogP contribution in [0.2, 0.25) is 0 Å². The lowest BCUT2D eigenvalue weighted by Gasteiger charge is -2.14. The van der Waals surface area contributed by atoms with Crippen molar-refractivity contribution in [2.24, 2.45) is 0 Å². The second kappa shape index (κ2) is 6.93. The molecule has 0 aliphatic rings. The Morgan fingerprint density at radius 3 is 2.23 bits per heavy atom. The van der Waals surface area contributed by atoms with Gasteiger partial charge in [0.15, 0.2) is 23.1 Å². The van der Waals surface area contributed by atoms with E-state index in [-0.39, 0.29) is 5.82 Å². The second-order valence-electron chi connectivity index (χ2n) is 4.51. The molecule has 1 N–H and O–H groups in total. The summed E-state index contributed by atoms with van der Waals surface area (Å²) in [4.78, 5) is 7.68. The molecule has 0 saturated carbocycles. The fourth-order valence-electron chi connectivity index (χ4n) is 2.00. The Morgan fingerprint density at radius 2 is 1.68 bits per heavy atom. The minimum Gasteiger partial charge on any atom is -0.493 e. The van der Waals surface area contributed by atoms with E-state index in [1.807, 2.05) is 0 Å². The number of ether oxygens (including phenoxy) is 3. The summed E-state index contributed by atoms with van der Waals surface area (Å²) in [6, 6.07) is 3.58. The van der Waals surface area contributed by atoms with E-state index in [0.29, 0.717) is 29.5 Å². The Kier molecular flexibility index (Phi) is 4.98. The van der Waals surface area contributed by atoms with E-state index in [4.69, 9.17) is 14.2 Å². The summed E-state index contributed by atoms with van der Waals surface area (Å²) < 4.78 is 29.7. The van der Waals surface area contributed by atoms with Gasteiger partial charge in [-0.05, 0) is 24.6 Å². The van der Waals surface area contributed by atoms with Crippen LogP contribution in [0.3, 0.4) is 0 Å². The topological polar surface area (TPSA) is 65.5 Å². The van der Waals surface area contributed by atoms with Crippen LogP contribution in [-0.4, -0.2) is 31.3 Å². The zero-order valence-corrected chi connectivity index (χ0v) is 12.9. The molecule has 7 heteroatoms. The SMILES string of the molecule is COc1cc(CNc2ncnc(C)c2F)cc(OC)c1OC. The van der Waals surface area contributed by atoms with Crippen LogP contribution in [0.15, 0.2) is 18.5 Å². The molecule has 0 bridgehead atoms. The lowest BCUT2D eigenvalue weighted by molar-refractivity contribution is 0.324. The van der Waals surface area contributed by atoms with Gasteiger partial charge in [0.2, 0.25) is 5.75 Å². The largest absolute Gasteiger partial charge is 0.493 e. The van der Waals surface area contributed by atoms with Crippen molar-refractivity contribution in [3.05, 3.63) is 35.5 Å². The lowest BCUT2D eigenvalue weighted by Crippen LogP contribution is -2.06. The molecule has 1 heterocycles. The third-order valence-corrected chi connectivity index (χ3v) is 3.15. The number of hydrogen-bond donors (Lipinski definition) is 1. The number of rotatable bonds is 6. The first-order valence-electron chi connectivity index (χ1n) is 6.60. The highest BCUT2D eigenvalue weighted by molar-refractivity contribution is 5.54. The first-order chi connectivity index (χ1) is 10.6. The molecular formula is C15H18FN3O3. The van der Waals surface area contributed by atoms with Crippen LogP contribution in [0.1, 0.15) is 11.3 Å². The Bertz CT molecular complexity index is 639. The molecule has 0 saturated heterocycles. The molecule has 6 nitrogen and oxygen atoms in total. The van der Waals surface area contributed by atoms with Crippen molar-refractivity contribution in [3.63, 3.8) is 0 Å². The first kappa shape index (κ1) is 15.8. The summed E-state index contributed by atoms with van der Waals surface area (Å²) >= 11 is 0. The van der Waals surface area contributed by atoms with E-state index < -0.39 is 5.82 Å². The zero-order valence-electron chi connectivity index (χ0n) is 12.9. The number of halogens is 1. The summed E-state index contributed by atoms with van der Waals surface area (Å²) in [7, 11) is 4.63. The Morgan fingerprint density at radius 1 is 1.05 bits per heavy atom. The Balaban J connectivity index is 2.24. The summed E-state index contributed by atoms with van der Waals surface area (Å²) in [5.74, 6) is 1.28. The highest BCUT2D eigenvalue weighted by Gasteiger charge is 2.14. The number of methoxy groups -OCH3 is 3. The van der Waals surface area contributed by atoms with E-state index in [9.17, 15) is 4.39 Å². The predicted molar refractivity (Wildman–Crippen MR) is 80.2 cm³/mol. The number of anilines is 1. The molecule has 0 amide bonds. The number of hydrogen-bond acceptors (Lipinski definition) is 6. The van der Waals surface area contributed by atoms with Gasteiger partial charge in [0.1, 0.15) is 6.33 Å². The Labute approximate surface area is 128 Å². The molecule has 0 spiro atoms. The third-order valence-electron chi connectivity index (χ3n) is 3.15. The quantitative estimate of drug-likeness (QED) is 0.885. The summed E-state index contributed by atoms with van der Waals surface area (Å²) in [6.07, 6.45) is 1.32. The molecule has 0 aliphatic heterocycles. The minimum absolute atomic E-state index is 0.154. The average molecular weight is 307 g/mol. The maximum Gasteiger partial charge on any atom is 0.203 e. The molecule has 0 fully saturated rings. The van der Waals surface area contributed by atoms with Gasteiger partial charge in [0.25, 0.3) is 0 Å². The third kappa shape index (κ3) is 3.19. The van der Waals surface area contributed by atoms with Crippen LogP contribution in [0.25, 0.3) is 0 Å². The van der Waals surface area contributed by atoms with Crippen molar-refractivity contribution in [1.82, 2.24) is 9.97 Å². The molecule has 118 valence electrons. The number of nitrogens with one attached hydrogen (secondary N) is 1. The molecule has 2 aromatic rings. The molecular weight excluding hydrogens is 289 g/mol. The van der Waals surface area contributed by atoms with Gasteiger partial charge in [-0.2, -0.15) is 0 Å². The van der Waals surface area contributed by atoms with E-state index in [1.54, 1.807) is 33.3 Å². The molecule has 0 radical (unpaired) electrons. The first-order valence-corrected chi connectivity index (χ1v) is 6.60. The van der Waals surface area contributed by atoms with Gasteiger partial charge in [-0.15, -0.1) is 0 Å². The predicted octanol–water partition coefficient (Wildman–Crippen LogP) is 2.56. The fraction of sp³-hybridized carbons (Fsp3) is 0.333. The van der Waals surface area contributed by atoms with E-state index in [2.05, 4.69) is 15.3 Å².